The van der Waals surface area contributed by atoms with E-state index in [0.29, 0.717) is 12.1 Å². The van der Waals surface area contributed by atoms with Gasteiger partial charge < -0.3 is 4.74 Å². The third-order valence-corrected chi connectivity index (χ3v) is 5.79. The van der Waals surface area contributed by atoms with Gasteiger partial charge in [-0.2, -0.15) is 0 Å². The Balaban J connectivity index is 1.58. The predicted molar refractivity (Wildman–Crippen MR) is 91.1 cm³/mol. The van der Waals surface area contributed by atoms with Crippen LogP contribution in [0.5, 0.6) is 0 Å². The van der Waals surface area contributed by atoms with Gasteiger partial charge in [0, 0.05) is 35.2 Å². The number of fused-ring (bicyclic) bond motifs is 3. The number of nitrogens with zero attached hydrogens (tertiary/aromatic N) is 1. The van der Waals surface area contributed by atoms with Gasteiger partial charge in [0.2, 0.25) is 0 Å². The summed E-state index contributed by atoms with van der Waals surface area (Å²) in [5, 5.41) is 0. The second kappa shape index (κ2) is 5.09. The first-order chi connectivity index (χ1) is 11.8. The van der Waals surface area contributed by atoms with Gasteiger partial charge >= 0.3 is 5.97 Å². The molecule has 3 atom stereocenters. The van der Waals surface area contributed by atoms with Gasteiger partial charge in [0.15, 0.2) is 5.60 Å². The lowest BCUT2D eigenvalue weighted by molar-refractivity contribution is -0.148. The summed E-state index contributed by atoms with van der Waals surface area (Å²) in [6.07, 6.45) is 8.38. The van der Waals surface area contributed by atoms with Crippen LogP contribution in [0.1, 0.15) is 31.2 Å². The Labute approximate surface area is 142 Å². The average molecular weight is 317 g/mol. The molecule has 3 nitrogen and oxygen atoms in total. The molecule has 4 aliphatic rings. The van der Waals surface area contributed by atoms with Crippen molar-refractivity contribution in [2.24, 2.45) is 0 Å². The highest BCUT2D eigenvalue weighted by Gasteiger charge is 2.61. The van der Waals surface area contributed by atoms with E-state index in [0.717, 1.165) is 36.1 Å². The Bertz CT molecular complexity index is 826. The van der Waals surface area contributed by atoms with E-state index in [2.05, 4.69) is 22.8 Å². The van der Waals surface area contributed by atoms with Gasteiger partial charge in [0.1, 0.15) is 0 Å². The molecule has 0 amide bonds. The molecule has 1 spiro atoms. The topological polar surface area (TPSA) is 29.5 Å². The highest BCUT2D eigenvalue weighted by Crippen LogP contribution is 2.53. The summed E-state index contributed by atoms with van der Waals surface area (Å²) in [4.78, 5) is 14.6. The summed E-state index contributed by atoms with van der Waals surface area (Å²) < 4.78 is 5.91. The van der Waals surface area contributed by atoms with E-state index in [1.165, 1.54) is 12.8 Å². The van der Waals surface area contributed by atoms with Crippen LogP contribution in [0.25, 0.3) is 0 Å². The number of ether oxygens (including phenoxy) is 1. The SMILES string of the molecule is O=C1C=C2C(C#Cc3ccccc3)=C[C@@H]3C[C@@]2(O1)C1CCCCN13. The number of benzene rings is 1. The molecule has 24 heavy (non-hydrogen) atoms. The molecule has 0 radical (unpaired) electrons. The van der Waals surface area contributed by atoms with E-state index < -0.39 is 5.60 Å². The zero-order valence-electron chi connectivity index (χ0n) is 13.5. The third-order valence-electron chi connectivity index (χ3n) is 5.79. The molecule has 0 saturated carbocycles. The first-order valence-electron chi connectivity index (χ1n) is 8.76. The van der Waals surface area contributed by atoms with Crippen molar-refractivity contribution in [2.45, 2.75) is 43.4 Å². The molecule has 1 aliphatic carbocycles. The molecule has 3 heteroatoms. The van der Waals surface area contributed by atoms with Crippen LogP contribution in [0.4, 0.5) is 0 Å². The molecule has 3 heterocycles. The van der Waals surface area contributed by atoms with Crippen LogP contribution in [-0.2, 0) is 9.53 Å². The van der Waals surface area contributed by atoms with Crippen molar-refractivity contribution in [3.63, 3.8) is 0 Å². The molecule has 2 fully saturated rings. The molecular formula is C21H19NO2. The zero-order chi connectivity index (χ0) is 16.1. The monoisotopic (exact) mass is 317 g/mol. The van der Waals surface area contributed by atoms with Crippen molar-refractivity contribution in [1.82, 2.24) is 4.90 Å². The summed E-state index contributed by atoms with van der Waals surface area (Å²) in [6, 6.07) is 10.7. The summed E-state index contributed by atoms with van der Waals surface area (Å²) in [7, 11) is 0. The van der Waals surface area contributed by atoms with E-state index >= 15 is 0 Å². The van der Waals surface area contributed by atoms with E-state index in [1.54, 1.807) is 6.08 Å². The van der Waals surface area contributed by atoms with E-state index in [1.807, 2.05) is 30.3 Å². The van der Waals surface area contributed by atoms with Crippen molar-refractivity contribution in [3.8, 4) is 11.8 Å². The van der Waals surface area contributed by atoms with Gasteiger partial charge in [0.25, 0.3) is 0 Å². The van der Waals surface area contributed by atoms with Crippen LogP contribution in [0, 0.1) is 11.8 Å². The van der Waals surface area contributed by atoms with Crippen LogP contribution in [0.2, 0.25) is 0 Å². The molecule has 3 aliphatic heterocycles. The highest BCUT2D eigenvalue weighted by molar-refractivity contribution is 5.90. The first-order valence-corrected chi connectivity index (χ1v) is 8.76. The van der Waals surface area contributed by atoms with E-state index in [-0.39, 0.29) is 5.97 Å². The Morgan fingerprint density at radius 3 is 2.92 bits per heavy atom. The predicted octanol–water partition coefficient (Wildman–Crippen LogP) is 2.83. The van der Waals surface area contributed by atoms with Crippen molar-refractivity contribution in [3.05, 3.63) is 59.2 Å². The smallest absolute Gasteiger partial charge is 0.332 e. The number of piperidine rings is 1. The summed E-state index contributed by atoms with van der Waals surface area (Å²) >= 11 is 0. The van der Waals surface area contributed by atoms with E-state index in [4.69, 9.17) is 4.74 Å². The molecule has 120 valence electrons. The maximum Gasteiger partial charge on any atom is 0.332 e. The summed E-state index contributed by atoms with van der Waals surface area (Å²) in [6.45, 7) is 1.10. The third kappa shape index (κ3) is 1.93. The van der Waals surface area contributed by atoms with Crippen LogP contribution in [0.3, 0.4) is 0 Å². The van der Waals surface area contributed by atoms with E-state index in [9.17, 15) is 4.79 Å². The van der Waals surface area contributed by atoms with Crippen molar-refractivity contribution >= 4 is 5.97 Å². The number of hydrogen-bond acceptors (Lipinski definition) is 3. The van der Waals surface area contributed by atoms with Crippen molar-refractivity contribution < 1.29 is 9.53 Å². The van der Waals surface area contributed by atoms with Crippen molar-refractivity contribution in [2.75, 3.05) is 6.54 Å². The number of carbonyl (C=O) groups excluding carboxylic acids is 1. The second-order valence-corrected chi connectivity index (χ2v) is 7.09. The molecule has 2 bridgehead atoms. The fourth-order valence-corrected chi connectivity index (χ4v) is 4.83. The largest absolute Gasteiger partial charge is 0.449 e. The molecule has 0 aromatic heterocycles. The minimum absolute atomic E-state index is 0.203. The first kappa shape index (κ1) is 14.1. The quantitative estimate of drug-likeness (QED) is 0.544. The molecular weight excluding hydrogens is 298 g/mol. The summed E-state index contributed by atoms with van der Waals surface area (Å²) in [5.41, 5.74) is 2.54. The molecule has 1 aromatic rings. The molecule has 1 unspecified atom stereocenters. The fourth-order valence-electron chi connectivity index (χ4n) is 4.83. The minimum atomic E-state index is -0.447. The number of hydrogen-bond donors (Lipinski definition) is 0. The minimum Gasteiger partial charge on any atom is -0.449 e. The average Bonchev–Trinajstić information content (AvgIpc) is 3.09. The van der Waals surface area contributed by atoms with Gasteiger partial charge in [0.05, 0.1) is 6.04 Å². The van der Waals surface area contributed by atoms with Crippen LogP contribution in [0.15, 0.2) is 53.6 Å². The van der Waals surface area contributed by atoms with Gasteiger partial charge in [-0.3, -0.25) is 4.90 Å². The normalized spacial score (nSPS) is 33.6. The Morgan fingerprint density at radius 1 is 1.17 bits per heavy atom. The number of esters is 1. The molecule has 1 aromatic carbocycles. The lowest BCUT2D eigenvalue weighted by atomic mass is 9.77. The molecule has 5 rings (SSSR count). The molecule has 0 N–H and O–H groups in total. The Morgan fingerprint density at radius 2 is 2.04 bits per heavy atom. The van der Waals surface area contributed by atoms with Crippen LogP contribution < -0.4 is 0 Å². The lowest BCUT2D eigenvalue weighted by Crippen LogP contribution is -2.48. The highest BCUT2D eigenvalue weighted by atomic mass is 16.6. The van der Waals surface area contributed by atoms with Gasteiger partial charge in [-0.05, 0) is 31.5 Å². The zero-order valence-corrected chi connectivity index (χ0v) is 13.5. The van der Waals surface area contributed by atoms with Gasteiger partial charge in [-0.1, -0.05) is 42.5 Å². The maximum atomic E-state index is 12.1. The lowest BCUT2D eigenvalue weighted by Gasteiger charge is -2.38. The van der Waals surface area contributed by atoms with Crippen LogP contribution in [-0.4, -0.2) is 35.1 Å². The van der Waals surface area contributed by atoms with Gasteiger partial charge in [-0.25, -0.2) is 4.79 Å². The number of rotatable bonds is 0. The van der Waals surface area contributed by atoms with Gasteiger partial charge in [-0.15, -0.1) is 0 Å². The number of carbonyl (C=O) groups is 1. The Hall–Kier alpha value is -2.31. The standard InChI is InChI=1S/C21H19NO2/c23-20-13-18-16(10-9-15-6-2-1-3-7-15)12-17-14-21(18,24-20)19-8-4-5-11-22(17)19/h1-3,6-7,12-13,17,19H,4-5,8,11,14H2/t17-,19?,21+/m1/s1. The fraction of sp³-hybridized carbons (Fsp3) is 0.381. The second-order valence-electron chi connectivity index (χ2n) is 7.09. The van der Waals surface area contributed by atoms with Crippen molar-refractivity contribution in [1.29, 1.82) is 0 Å². The Kier molecular flexibility index (Phi) is 2.98. The van der Waals surface area contributed by atoms with Crippen LogP contribution >= 0.6 is 0 Å². The maximum absolute atomic E-state index is 12.1. The molecule has 2 saturated heterocycles. The summed E-state index contributed by atoms with van der Waals surface area (Å²) in [5.74, 6) is 6.36.